The standard InChI is InChI=1S/C36H34N2O8S2/c1-3-5-21-47(43,44)25-15-11-23(12-16-25)35(41)37-29-19-20-30(32-31(29)33(39)27-9-7-8-10-28(27)34(32)40)38-36(42)24-13-17-26(18-14-24)48(45,46)22-6-4-2/h7-20H,3-6,21-22H2,1-2H3,(H,37,41)(H,38,42). The number of rotatable bonds is 12. The van der Waals surface area contributed by atoms with E-state index in [1.165, 1.54) is 72.8 Å². The Morgan fingerprint density at radius 3 is 1.23 bits per heavy atom. The van der Waals surface area contributed by atoms with Crippen molar-refractivity contribution in [1.29, 1.82) is 0 Å². The van der Waals surface area contributed by atoms with E-state index in [1.807, 2.05) is 13.8 Å². The Hall–Kier alpha value is -4.94. The third-order valence-electron chi connectivity index (χ3n) is 8.06. The van der Waals surface area contributed by atoms with E-state index in [1.54, 1.807) is 12.1 Å². The molecule has 0 saturated heterocycles. The van der Waals surface area contributed by atoms with Gasteiger partial charge in [-0.2, -0.15) is 0 Å². The fourth-order valence-corrected chi connectivity index (χ4v) is 8.26. The number of unbranched alkanes of at least 4 members (excludes halogenated alkanes) is 2. The predicted molar refractivity (Wildman–Crippen MR) is 182 cm³/mol. The molecule has 0 bridgehead atoms. The van der Waals surface area contributed by atoms with Gasteiger partial charge in [0.15, 0.2) is 31.2 Å². The fourth-order valence-electron chi connectivity index (χ4n) is 5.35. The number of fused-ring (bicyclic) bond motifs is 2. The maximum absolute atomic E-state index is 13.8. The molecule has 48 heavy (non-hydrogen) atoms. The van der Waals surface area contributed by atoms with Crippen LogP contribution < -0.4 is 10.6 Å². The summed E-state index contributed by atoms with van der Waals surface area (Å²) in [5, 5.41) is 5.35. The van der Waals surface area contributed by atoms with Crippen molar-refractivity contribution in [3.05, 3.63) is 118 Å². The molecule has 248 valence electrons. The molecule has 0 atom stereocenters. The van der Waals surface area contributed by atoms with Crippen LogP contribution in [0.2, 0.25) is 0 Å². The van der Waals surface area contributed by atoms with Crippen molar-refractivity contribution in [2.75, 3.05) is 22.1 Å². The molecule has 0 aromatic heterocycles. The smallest absolute Gasteiger partial charge is 0.255 e. The van der Waals surface area contributed by atoms with Crippen molar-refractivity contribution in [2.45, 2.75) is 49.3 Å². The first-order chi connectivity index (χ1) is 22.9. The molecule has 4 aromatic rings. The van der Waals surface area contributed by atoms with Gasteiger partial charge in [-0.25, -0.2) is 16.8 Å². The summed E-state index contributed by atoms with van der Waals surface area (Å²) < 4.78 is 50.2. The lowest BCUT2D eigenvalue weighted by atomic mass is 9.82. The number of carbonyl (C=O) groups is 4. The van der Waals surface area contributed by atoms with E-state index in [2.05, 4.69) is 10.6 Å². The van der Waals surface area contributed by atoms with Gasteiger partial charge in [-0.3, -0.25) is 19.2 Å². The first kappa shape index (κ1) is 34.4. The van der Waals surface area contributed by atoms with E-state index in [0.29, 0.717) is 12.8 Å². The van der Waals surface area contributed by atoms with Gasteiger partial charge in [-0.05, 0) is 73.5 Å². The molecule has 0 heterocycles. The van der Waals surface area contributed by atoms with Crippen LogP contribution in [0.3, 0.4) is 0 Å². The predicted octanol–water partition coefficient (Wildman–Crippen LogP) is 6.11. The zero-order valence-electron chi connectivity index (χ0n) is 26.4. The van der Waals surface area contributed by atoms with Crippen molar-refractivity contribution >= 4 is 54.4 Å². The van der Waals surface area contributed by atoms with Gasteiger partial charge in [0.05, 0.1) is 43.8 Å². The van der Waals surface area contributed by atoms with Gasteiger partial charge in [0.1, 0.15) is 0 Å². The van der Waals surface area contributed by atoms with Crippen molar-refractivity contribution in [1.82, 2.24) is 0 Å². The highest BCUT2D eigenvalue weighted by atomic mass is 32.2. The van der Waals surface area contributed by atoms with E-state index in [4.69, 9.17) is 0 Å². The van der Waals surface area contributed by atoms with Crippen LogP contribution in [-0.2, 0) is 19.7 Å². The maximum atomic E-state index is 13.8. The highest BCUT2D eigenvalue weighted by Crippen LogP contribution is 2.37. The third kappa shape index (κ3) is 6.99. The molecular weight excluding hydrogens is 653 g/mol. The van der Waals surface area contributed by atoms with Crippen molar-refractivity contribution in [2.24, 2.45) is 0 Å². The lowest BCUT2D eigenvalue weighted by Gasteiger charge is -2.23. The molecule has 0 saturated carbocycles. The van der Waals surface area contributed by atoms with Crippen molar-refractivity contribution < 1.29 is 36.0 Å². The molecule has 12 heteroatoms. The minimum Gasteiger partial charge on any atom is -0.321 e. The molecule has 1 aliphatic carbocycles. The average molecular weight is 687 g/mol. The summed E-state index contributed by atoms with van der Waals surface area (Å²) in [6.07, 6.45) is 2.46. The van der Waals surface area contributed by atoms with Gasteiger partial charge in [-0.15, -0.1) is 0 Å². The highest BCUT2D eigenvalue weighted by Gasteiger charge is 2.35. The SMILES string of the molecule is CCCCS(=O)(=O)c1ccc(C(=O)Nc2ccc(NC(=O)c3ccc(S(=O)(=O)CCCC)cc3)c3c2C(=O)c2ccccc2C3=O)cc1. The van der Waals surface area contributed by atoms with Gasteiger partial charge >= 0.3 is 0 Å². The number of benzene rings is 4. The average Bonchev–Trinajstić information content (AvgIpc) is 3.09. The third-order valence-corrected chi connectivity index (χ3v) is 11.7. The van der Waals surface area contributed by atoms with Crippen molar-refractivity contribution in [3.63, 3.8) is 0 Å². The summed E-state index contributed by atoms with van der Waals surface area (Å²) in [4.78, 5) is 54.4. The van der Waals surface area contributed by atoms with Crippen LogP contribution >= 0.6 is 0 Å². The lowest BCUT2D eigenvalue weighted by molar-refractivity contribution is 0.0977. The molecule has 0 radical (unpaired) electrons. The Morgan fingerprint density at radius 1 is 0.542 bits per heavy atom. The largest absolute Gasteiger partial charge is 0.321 e. The van der Waals surface area contributed by atoms with E-state index < -0.39 is 43.1 Å². The molecule has 0 spiro atoms. The number of ketones is 2. The fraction of sp³-hybridized carbons (Fsp3) is 0.222. The molecule has 5 rings (SSSR count). The van der Waals surface area contributed by atoms with E-state index >= 15 is 0 Å². The number of amides is 2. The van der Waals surface area contributed by atoms with Crippen LogP contribution in [0.4, 0.5) is 11.4 Å². The topological polar surface area (TPSA) is 161 Å². The monoisotopic (exact) mass is 686 g/mol. The Morgan fingerprint density at radius 2 is 0.896 bits per heavy atom. The van der Waals surface area contributed by atoms with Gasteiger partial charge in [0, 0.05) is 22.3 Å². The number of hydrogen-bond acceptors (Lipinski definition) is 8. The second kappa shape index (κ2) is 14.0. The van der Waals surface area contributed by atoms with Gasteiger partial charge in [-0.1, -0.05) is 51.0 Å². The molecule has 1 aliphatic rings. The molecule has 2 N–H and O–H groups in total. The first-order valence-electron chi connectivity index (χ1n) is 15.5. The van der Waals surface area contributed by atoms with Crippen LogP contribution in [0.5, 0.6) is 0 Å². The van der Waals surface area contributed by atoms with Gasteiger partial charge in [0.2, 0.25) is 0 Å². The summed E-state index contributed by atoms with van der Waals surface area (Å²) in [5.41, 5.74) is 0.369. The summed E-state index contributed by atoms with van der Waals surface area (Å²) in [7, 11) is -7.00. The molecule has 0 unspecified atom stereocenters. The van der Waals surface area contributed by atoms with Crippen molar-refractivity contribution in [3.8, 4) is 0 Å². The van der Waals surface area contributed by atoms with E-state index in [0.717, 1.165) is 12.8 Å². The number of carbonyl (C=O) groups excluding carboxylic acids is 4. The summed E-state index contributed by atoms with van der Waals surface area (Å²) >= 11 is 0. The zero-order valence-corrected chi connectivity index (χ0v) is 28.0. The first-order valence-corrected chi connectivity index (χ1v) is 18.8. The molecular formula is C36H34N2O8S2. The molecule has 4 aromatic carbocycles. The van der Waals surface area contributed by atoms with E-state index in [9.17, 15) is 36.0 Å². The number of hydrogen-bond donors (Lipinski definition) is 2. The molecule has 2 amide bonds. The van der Waals surface area contributed by atoms with Crippen LogP contribution in [0.25, 0.3) is 0 Å². The summed E-state index contributed by atoms with van der Waals surface area (Å²) in [6, 6.07) is 19.9. The normalized spacial score (nSPS) is 12.6. The van der Waals surface area contributed by atoms with Crippen LogP contribution in [0, 0.1) is 0 Å². The summed E-state index contributed by atoms with van der Waals surface area (Å²) in [6.45, 7) is 3.78. The molecule has 10 nitrogen and oxygen atoms in total. The zero-order chi connectivity index (χ0) is 34.6. The Kier molecular flexibility index (Phi) is 10.1. The molecule has 0 fully saturated rings. The van der Waals surface area contributed by atoms with E-state index in [-0.39, 0.29) is 66.1 Å². The highest BCUT2D eigenvalue weighted by molar-refractivity contribution is 7.91. The lowest BCUT2D eigenvalue weighted by Crippen LogP contribution is -2.26. The Balaban J connectivity index is 1.46. The minimum atomic E-state index is -3.50. The number of nitrogens with one attached hydrogen (secondary N) is 2. The number of anilines is 2. The summed E-state index contributed by atoms with van der Waals surface area (Å²) in [5.74, 6) is -2.36. The second-order valence-corrected chi connectivity index (χ2v) is 15.6. The maximum Gasteiger partial charge on any atom is 0.255 e. The molecule has 0 aliphatic heterocycles. The van der Waals surface area contributed by atoms with Crippen LogP contribution in [0.1, 0.15) is 92.1 Å². The van der Waals surface area contributed by atoms with Crippen LogP contribution in [0.15, 0.2) is 94.7 Å². The number of sulfone groups is 2. The quantitative estimate of drug-likeness (QED) is 0.159. The van der Waals surface area contributed by atoms with Crippen LogP contribution in [-0.4, -0.2) is 51.7 Å². The Bertz CT molecular complexity index is 1990. The van der Waals surface area contributed by atoms with Gasteiger partial charge < -0.3 is 10.6 Å². The minimum absolute atomic E-state index is 0.00601. The van der Waals surface area contributed by atoms with Gasteiger partial charge in [0.25, 0.3) is 11.8 Å². The Labute approximate surface area is 279 Å². The second-order valence-electron chi connectivity index (χ2n) is 11.4.